The van der Waals surface area contributed by atoms with Gasteiger partial charge in [0.2, 0.25) is 0 Å². The van der Waals surface area contributed by atoms with Crippen molar-refractivity contribution in [2.45, 2.75) is 11.4 Å². The molecule has 0 unspecified atom stereocenters. The number of fused-ring (bicyclic) bond motifs is 1. The highest BCUT2D eigenvalue weighted by Crippen LogP contribution is 2.22. The number of carboxylic acids is 1. The topological polar surface area (TPSA) is 109 Å². The predicted octanol–water partition coefficient (Wildman–Crippen LogP) is 0.444. The SMILES string of the molecule is O=C(O)CCNS(=O)(=O)c1nccc2sncc12. The molecule has 0 saturated heterocycles. The van der Waals surface area contributed by atoms with E-state index in [4.69, 9.17) is 5.11 Å². The summed E-state index contributed by atoms with van der Waals surface area (Å²) in [5, 5.41) is 8.77. The Kier molecular flexibility index (Phi) is 3.55. The van der Waals surface area contributed by atoms with E-state index in [-0.39, 0.29) is 18.0 Å². The fourth-order valence-electron chi connectivity index (χ4n) is 1.35. The van der Waals surface area contributed by atoms with Gasteiger partial charge >= 0.3 is 5.97 Å². The van der Waals surface area contributed by atoms with Crippen LogP contribution in [0.25, 0.3) is 10.1 Å². The van der Waals surface area contributed by atoms with Crippen molar-refractivity contribution in [3.05, 3.63) is 18.5 Å². The second-order valence-electron chi connectivity index (χ2n) is 3.40. The van der Waals surface area contributed by atoms with E-state index in [1.54, 1.807) is 6.07 Å². The quantitative estimate of drug-likeness (QED) is 0.826. The molecule has 0 spiro atoms. The fraction of sp³-hybridized carbons (Fsp3) is 0.222. The summed E-state index contributed by atoms with van der Waals surface area (Å²) in [7, 11) is -3.81. The number of hydrogen-bond acceptors (Lipinski definition) is 6. The summed E-state index contributed by atoms with van der Waals surface area (Å²) >= 11 is 1.17. The summed E-state index contributed by atoms with van der Waals surface area (Å²) in [6.45, 7) is -0.173. The monoisotopic (exact) mass is 287 g/mol. The molecule has 0 atom stereocenters. The van der Waals surface area contributed by atoms with Crippen LogP contribution >= 0.6 is 11.5 Å². The first-order valence-electron chi connectivity index (χ1n) is 4.91. The lowest BCUT2D eigenvalue weighted by Gasteiger charge is -2.05. The largest absolute Gasteiger partial charge is 0.481 e. The smallest absolute Gasteiger partial charge is 0.304 e. The van der Waals surface area contributed by atoms with Crippen LogP contribution in [0.1, 0.15) is 6.42 Å². The van der Waals surface area contributed by atoms with Crippen molar-refractivity contribution >= 4 is 37.6 Å². The Balaban J connectivity index is 2.29. The summed E-state index contributed by atoms with van der Waals surface area (Å²) in [6, 6.07) is 1.67. The third kappa shape index (κ3) is 2.63. The zero-order valence-corrected chi connectivity index (χ0v) is 10.7. The minimum absolute atomic E-state index is 0.126. The maximum absolute atomic E-state index is 11.9. The van der Waals surface area contributed by atoms with E-state index in [1.165, 1.54) is 23.9 Å². The molecule has 0 aliphatic carbocycles. The second-order valence-corrected chi connectivity index (χ2v) is 5.91. The summed E-state index contributed by atoms with van der Waals surface area (Å²) in [5.74, 6) is -1.07. The van der Waals surface area contributed by atoms with Gasteiger partial charge in [-0.25, -0.2) is 18.1 Å². The van der Waals surface area contributed by atoms with Crippen molar-refractivity contribution < 1.29 is 18.3 Å². The van der Waals surface area contributed by atoms with Crippen LogP contribution in [-0.4, -0.2) is 35.4 Å². The summed E-state index contributed by atoms with van der Waals surface area (Å²) in [4.78, 5) is 14.2. The van der Waals surface area contributed by atoms with Gasteiger partial charge in [-0.05, 0) is 17.6 Å². The molecule has 0 aliphatic heterocycles. The molecule has 0 saturated carbocycles. The van der Waals surface area contributed by atoms with E-state index in [0.717, 1.165) is 0 Å². The highest BCUT2D eigenvalue weighted by atomic mass is 32.2. The molecule has 0 fully saturated rings. The summed E-state index contributed by atoms with van der Waals surface area (Å²) in [5.41, 5.74) is 0. The van der Waals surface area contributed by atoms with Gasteiger partial charge in [-0.1, -0.05) is 0 Å². The lowest BCUT2D eigenvalue weighted by molar-refractivity contribution is -0.136. The molecule has 2 aromatic rings. The van der Waals surface area contributed by atoms with Crippen molar-refractivity contribution in [1.82, 2.24) is 14.1 Å². The number of aromatic nitrogens is 2. The number of sulfonamides is 1. The van der Waals surface area contributed by atoms with E-state index in [9.17, 15) is 13.2 Å². The predicted molar refractivity (Wildman–Crippen MR) is 64.9 cm³/mol. The van der Waals surface area contributed by atoms with Crippen LogP contribution in [0.15, 0.2) is 23.5 Å². The molecular formula is C9H9N3O4S2. The minimum Gasteiger partial charge on any atom is -0.481 e. The molecule has 2 rings (SSSR count). The van der Waals surface area contributed by atoms with Gasteiger partial charge in [0.25, 0.3) is 10.0 Å². The lowest BCUT2D eigenvalue weighted by atomic mass is 10.4. The molecule has 0 amide bonds. The minimum atomic E-state index is -3.81. The van der Waals surface area contributed by atoms with Gasteiger partial charge in [0.05, 0.1) is 22.7 Å². The van der Waals surface area contributed by atoms with Crippen LogP contribution in [0.4, 0.5) is 0 Å². The average molecular weight is 287 g/mol. The first kappa shape index (κ1) is 12.9. The number of aliphatic carboxylic acids is 1. The van der Waals surface area contributed by atoms with Crippen molar-refractivity contribution in [3.63, 3.8) is 0 Å². The number of nitrogens with one attached hydrogen (secondary N) is 1. The second kappa shape index (κ2) is 4.96. The first-order chi connectivity index (χ1) is 8.50. The van der Waals surface area contributed by atoms with Crippen LogP contribution in [0.2, 0.25) is 0 Å². The molecule has 0 aromatic carbocycles. The normalized spacial score (nSPS) is 11.8. The van der Waals surface area contributed by atoms with Crippen LogP contribution in [0, 0.1) is 0 Å². The Morgan fingerprint density at radius 1 is 1.50 bits per heavy atom. The molecule has 0 bridgehead atoms. The molecule has 2 heterocycles. The van der Waals surface area contributed by atoms with Gasteiger partial charge in [-0.2, -0.15) is 4.37 Å². The summed E-state index contributed by atoms with van der Waals surface area (Å²) in [6.07, 6.45) is 2.53. The Bertz CT molecular complexity index is 680. The Labute approximate surface area is 107 Å². The van der Waals surface area contributed by atoms with Gasteiger partial charge in [0.1, 0.15) is 0 Å². The average Bonchev–Trinajstić information content (AvgIpc) is 2.75. The van der Waals surface area contributed by atoms with Crippen molar-refractivity contribution in [2.75, 3.05) is 6.54 Å². The number of pyridine rings is 1. The van der Waals surface area contributed by atoms with Gasteiger partial charge in [-0.15, -0.1) is 0 Å². The highest BCUT2D eigenvalue weighted by Gasteiger charge is 2.19. The Morgan fingerprint density at radius 3 is 3.00 bits per heavy atom. The molecular weight excluding hydrogens is 278 g/mol. The van der Waals surface area contributed by atoms with Crippen LogP contribution in [0.5, 0.6) is 0 Å². The maximum atomic E-state index is 11.9. The maximum Gasteiger partial charge on any atom is 0.304 e. The molecule has 2 aromatic heterocycles. The van der Waals surface area contributed by atoms with Crippen LogP contribution in [0.3, 0.4) is 0 Å². The Morgan fingerprint density at radius 2 is 2.28 bits per heavy atom. The fourth-order valence-corrected chi connectivity index (χ4v) is 3.21. The van der Waals surface area contributed by atoms with Gasteiger partial charge in [0.15, 0.2) is 5.03 Å². The van der Waals surface area contributed by atoms with E-state index in [2.05, 4.69) is 14.1 Å². The molecule has 9 heteroatoms. The molecule has 18 heavy (non-hydrogen) atoms. The molecule has 2 N–H and O–H groups in total. The number of carbonyl (C=O) groups is 1. The van der Waals surface area contributed by atoms with Crippen LogP contribution in [-0.2, 0) is 14.8 Å². The Hall–Kier alpha value is -1.58. The van der Waals surface area contributed by atoms with E-state index < -0.39 is 16.0 Å². The number of carboxylic acid groups (broad SMARTS) is 1. The zero-order chi connectivity index (χ0) is 13.2. The van der Waals surface area contributed by atoms with E-state index >= 15 is 0 Å². The van der Waals surface area contributed by atoms with Crippen LogP contribution < -0.4 is 4.72 Å². The molecule has 0 aliphatic rings. The molecule has 7 nitrogen and oxygen atoms in total. The molecule has 0 radical (unpaired) electrons. The third-order valence-corrected chi connectivity index (χ3v) is 4.31. The number of nitrogens with zero attached hydrogens (tertiary/aromatic N) is 2. The van der Waals surface area contributed by atoms with Gasteiger partial charge < -0.3 is 5.11 Å². The molecule has 96 valence electrons. The van der Waals surface area contributed by atoms with Gasteiger partial charge in [-0.3, -0.25) is 4.79 Å². The van der Waals surface area contributed by atoms with Crippen molar-refractivity contribution in [2.24, 2.45) is 0 Å². The first-order valence-corrected chi connectivity index (χ1v) is 7.17. The number of rotatable bonds is 5. The van der Waals surface area contributed by atoms with E-state index in [0.29, 0.717) is 10.1 Å². The van der Waals surface area contributed by atoms with Crippen molar-refractivity contribution in [3.8, 4) is 0 Å². The lowest BCUT2D eigenvalue weighted by Crippen LogP contribution is -2.27. The van der Waals surface area contributed by atoms with Gasteiger partial charge in [0, 0.05) is 12.7 Å². The third-order valence-electron chi connectivity index (χ3n) is 2.13. The summed E-state index contributed by atoms with van der Waals surface area (Å²) < 4.78 is 30.7. The zero-order valence-electron chi connectivity index (χ0n) is 9.03. The standard InChI is InChI=1S/C9H9N3O4S2/c13-8(14)2-4-12-18(15,16)9-6-5-11-17-7(6)1-3-10-9/h1,3,5,12H,2,4H2,(H,13,14). The van der Waals surface area contributed by atoms with E-state index in [1.807, 2.05) is 0 Å². The van der Waals surface area contributed by atoms with Crippen molar-refractivity contribution in [1.29, 1.82) is 0 Å². The number of hydrogen-bond donors (Lipinski definition) is 2. The highest BCUT2D eigenvalue weighted by molar-refractivity contribution is 7.89.